The molecule has 2 aliphatic heterocycles. The third kappa shape index (κ3) is 4.62. The molecule has 4 rings (SSSR count). The number of rotatable bonds is 6. The molecular weight excluding hydrogens is 368 g/mol. The van der Waals surface area contributed by atoms with E-state index in [-0.39, 0.29) is 18.1 Å². The molecule has 0 amide bonds. The molecule has 0 saturated carbocycles. The van der Waals surface area contributed by atoms with E-state index in [0.29, 0.717) is 0 Å². The van der Waals surface area contributed by atoms with E-state index in [2.05, 4.69) is 20.9 Å². The van der Waals surface area contributed by atoms with Crippen molar-refractivity contribution in [2.24, 2.45) is 0 Å². The second kappa shape index (κ2) is 8.97. The average Bonchev–Trinajstić information content (AvgIpc) is 3.28. The van der Waals surface area contributed by atoms with Gasteiger partial charge < -0.3 is 14.7 Å². The van der Waals surface area contributed by atoms with Crippen molar-refractivity contribution in [3.63, 3.8) is 0 Å². The first-order chi connectivity index (χ1) is 14.2. The summed E-state index contributed by atoms with van der Waals surface area (Å²) < 4.78 is 5.30. The number of aromatic nitrogens is 2. The van der Waals surface area contributed by atoms with Crippen LogP contribution in [0.3, 0.4) is 0 Å². The highest BCUT2D eigenvalue weighted by molar-refractivity contribution is 5.37. The maximum Gasteiger partial charge on any atom is 0.252 e. The van der Waals surface area contributed by atoms with Crippen molar-refractivity contribution < 1.29 is 9.84 Å². The predicted octanol–water partition coefficient (Wildman–Crippen LogP) is 2.25. The van der Waals surface area contributed by atoms with Gasteiger partial charge in [-0.05, 0) is 49.9 Å². The Morgan fingerprint density at radius 2 is 2.03 bits per heavy atom. The fourth-order valence-electron chi connectivity index (χ4n) is 4.50. The van der Waals surface area contributed by atoms with Crippen molar-refractivity contribution >= 4 is 5.95 Å². The molecule has 2 N–H and O–H groups in total. The fraction of sp³-hybridized carbons (Fsp3) is 0.545. The molecule has 7 heteroatoms. The first-order valence-electron chi connectivity index (χ1n) is 10.5. The van der Waals surface area contributed by atoms with Gasteiger partial charge in [-0.1, -0.05) is 6.07 Å². The number of anilines is 1. The lowest BCUT2D eigenvalue weighted by Gasteiger charge is -2.32. The van der Waals surface area contributed by atoms with Crippen molar-refractivity contribution in [3.05, 3.63) is 51.4 Å². The Morgan fingerprint density at radius 3 is 2.79 bits per heavy atom. The molecule has 1 aromatic heterocycles. The summed E-state index contributed by atoms with van der Waals surface area (Å²) in [6, 6.07) is 7.66. The zero-order valence-corrected chi connectivity index (χ0v) is 17.1. The van der Waals surface area contributed by atoms with Crippen molar-refractivity contribution in [3.8, 4) is 5.75 Å². The number of hydrogen-bond donors (Lipinski definition) is 2. The summed E-state index contributed by atoms with van der Waals surface area (Å²) in [7, 11) is 1.62. The van der Waals surface area contributed by atoms with E-state index in [1.54, 1.807) is 13.2 Å². The third-order valence-corrected chi connectivity index (χ3v) is 6.00. The first kappa shape index (κ1) is 19.9. The van der Waals surface area contributed by atoms with Gasteiger partial charge in [-0.15, -0.1) is 0 Å². The van der Waals surface area contributed by atoms with Crippen LogP contribution in [0.5, 0.6) is 5.75 Å². The molecule has 29 heavy (non-hydrogen) atoms. The van der Waals surface area contributed by atoms with Crippen LogP contribution >= 0.6 is 0 Å². The number of aliphatic hydroxyl groups excluding tert-OH is 1. The zero-order valence-electron chi connectivity index (χ0n) is 17.1. The summed E-state index contributed by atoms with van der Waals surface area (Å²) in [6.45, 7) is 4.63. The Kier molecular flexibility index (Phi) is 6.16. The van der Waals surface area contributed by atoms with E-state index < -0.39 is 0 Å². The van der Waals surface area contributed by atoms with Gasteiger partial charge in [0.2, 0.25) is 5.95 Å². The molecule has 0 radical (unpaired) electrons. The summed E-state index contributed by atoms with van der Waals surface area (Å²) in [6.07, 6.45) is 4.45. The van der Waals surface area contributed by atoms with E-state index in [0.717, 1.165) is 86.9 Å². The second-order valence-corrected chi connectivity index (χ2v) is 8.07. The number of hydrogen-bond acceptors (Lipinski definition) is 6. The number of nitrogens with zero attached hydrogens (tertiary/aromatic N) is 3. The topological polar surface area (TPSA) is 81.7 Å². The monoisotopic (exact) mass is 398 g/mol. The minimum Gasteiger partial charge on any atom is -0.496 e. The van der Waals surface area contributed by atoms with Crippen LogP contribution in [-0.2, 0) is 13.2 Å². The molecule has 3 heterocycles. The molecule has 2 aliphatic rings. The number of methoxy groups -OCH3 is 1. The van der Waals surface area contributed by atoms with Crippen molar-refractivity contribution in [2.45, 2.75) is 44.8 Å². The maximum absolute atomic E-state index is 12.2. The van der Waals surface area contributed by atoms with Crippen LogP contribution in [-0.4, -0.2) is 53.3 Å². The Labute approximate surface area is 171 Å². The van der Waals surface area contributed by atoms with Crippen LogP contribution in [0, 0.1) is 0 Å². The predicted molar refractivity (Wildman–Crippen MR) is 112 cm³/mol. The van der Waals surface area contributed by atoms with Crippen molar-refractivity contribution in [2.75, 3.05) is 38.2 Å². The normalized spacial score (nSPS) is 20.2. The van der Waals surface area contributed by atoms with Gasteiger partial charge in [0.05, 0.1) is 19.4 Å². The van der Waals surface area contributed by atoms with Crippen LogP contribution < -0.4 is 15.2 Å². The van der Waals surface area contributed by atoms with Gasteiger partial charge in [-0.3, -0.25) is 14.7 Å². The first-order valence-corrected chi connectivity index (χ1v) is 10.5. The lowest BCUT2D eigenvalue weighted by atomic mass is 9.94. The van der Waals surface area contributed by atoms with Crippen molar-refractivity contribution in [1.29, 1.82) is 0 Å². The minimum atomic E-state index is -0.0586. The van der Waals surface area contributed by atoms with Gasteiger partial charge in [-0.2, -0.15) is 0 Å². The third-order valence-electron chi connectivity index (χ3n) is 6.00. The van der Waals surface area contributed by atoms with E-state index >= 15 is 0 Å². The molecule has 0 bridgehead atoms. The van der Waals surface area contributed by atoms with Gasteiger partial charge >= 0.3 is 0 Å². The SMILES string of the molecule is COc1ccc(CN2CCCC(c3cc(=O)[nH]c(N4CCCC4)n3)C2)cc1CO. The highest BCUT2D eigenvalue weighted by Gasteiger charge is 2.24. The number of likely N-dealkylation sites (tertiary alicyclic amines) is 1. The Morgan fingerprint density at radius 1 is 1.21 bits per heavy atom. The van der Waals surface area contributed by atoms with Gasteiger partial charge in [0.15, 0.2) is 0 Å². The number of benzene rings is 1. The van der Waals surface area contributed by atoms with Gasteiger partial charge in [0.1, 0.15) is 5.75 Å². The lowest BCUT2D eigenvalue weighted by Crippen LogP contribution is -2.35. The molecule has 2 fully saturated rings. The van der Waals surface area contributed by atoms with Gasteiger partial charge in [0, 0.05) is 43.7 Å². The standard InChI is InChI=1S/C22H30N4O3/c1-29-20-7-6-16(11-18(20)15-27)13-25-8-4-5-17(14-25)19-12-21(28)24-22(23-19)26-9-2-3-10-26/h6-7,11-12,17,27H,2-5,8-10,13-15H2,1H3,(H,23,24,28). The zero-order chi connectivity index (χ0) is 20.2. The number of aliphatic hydroxyl groups is 1. The van der Waals surface area contributed by atoms with Crippen LogP contribution in [0.1, 0.15) is 48.4 Å². The van der Waals surface area contributed by atoms with Gasteiger partial charge in [-0.25, -0.2) is 4.98 Å². The molecule has 7 nitrogen and oxygen atoms in total. The molecule has 0 aliphatic carbocycles. The van der Waals surface area contributed by atoms with Crippen LogP contribution in [0.2, 0.25) is 0 Å². The summed E-state index contributed by atoms with van der Waals surface area (Å²) in [5, 5.41) is 9.57. The summed E-state index contributed by atoms with van der Waals surface area (Å²) in [5.74, 6) is 1.71. The Bertz CT molecular complexity index is 892. The molecule has 2 saturated heterocycles. The van der Waals surface area contributed by atoms with Gasteiger partial charge in [0.25, 0.3) is 5.56 Å². The Hall–Kier alpha value is -2.38. The second-order valence-electron chi connectivity index (χ2n) is 8.07. The molecule has 1 unspecified atom stereocenters. The molecule has 1 atom stereocenters. The maximum atomic E-state index is 12.2. The van der Waals surface area contributed by atoms with E-state index in [4.69, 9.17) is 9.72 Å². The van der Waals surface area contributed by atoms with Crippen LogP contribution in [0.15, 0.2) is 29.1 Å². The molecular formula is C22H30N4O3. The highest BCUT2D eigenvalue weighted by Crippen LogP contribution is 2.28. The molecule has 156 valence electrons. The molecule has 0 spiro atoms. The number of H-pyrrole nitrogens is 1. The summed E-state index contributed by atoms with van der Waals surface area (Å²) in [4.78, 5) is 24.6. The number of aromatic amines is 1. The number of ether oxygens (including phenoxy) is 1. The quantitative estimate of drug-likeness (QED) is 0.777. The van der Waals surface area contributed by atoms with Crippen LogP contribution in [0.4, 0.5) is 5.95 Å². The Balaban J connectivity index is 1.48. The smallest absolute Gasteiger partial charge is 0.252 e. The number of nitrogens with one attached hydrogen (secondary N) is 1. The van der Waals surface area contributed by atoms with E-state index in [1.807, 2.05) is 12.1 Å². The fourth-order valence-corrected chi connectivity index (χ4v) is 4.50. The highest BCUT2D eigenvalue weighted by atomic mass is 16.5. The molecule has 2 aromatic rings. The summed E-state index contributed by atoms with van der Waals surface area (Å²) >= 11 is 0. The molecule has 1 aromatic carbocycles. The van der Waals surface area contributed by atoms with E-state index in [1.165, 1.54) is 0 Å². The van der Waals surface area contributed by atoms with Crippen LogP contribution in [0.25, 0.3) is 0 Å². The van der Waals surface area contributed by atoms with Crippen molar-refractivity contribution in [1.82, 2.24) is 14.9 Å². The largest absolute Gasteiger partial charge is 0.496 e. The number of piperidine rings is 1. The average molecular weight is 399 g/mol. The summed E-state index contributed by atoms with van der Waals surface area (Å²) in [5.41, 5.74) is 2.82. The minimum absolute atomic E-state index is 0.0321. The van der Waals surface area contributed by atoms with E-state index in [9.17, 15) is 9.90 Å². The lowest BCUT2D eigenvalue weighted by molar-refractivity contribution is 0.198.